The number of carbonyl (C=O) groups excluding carboxylic acids is 3. The zero-order valence-corrected chi connectivity index (χ0v) is 23.9. The molecule has 2 aromatic rings. The van der Waals surface area contributed by atoms with Gasteiger partial charge in [0.2, 0.25) is 11.8 Å². The molecule has 0 heterocycles. The zero-order chi connectivity index (χ0) is 28.6. The zero-order valence-electron chi connectivity index (χ0n) is 23.9. The van der Waals surface area contributed by atoms with Crippen LogP contribution in [0, 0.1) is 6.92 Å². The van der Waals surface area contributed by atoms with Crippen molar-refractivity contribution in [3.8, 4) is 5.75 Å². The number of rotatable bonds is 10. The Hall–Kier alpha value is -3.55. The van der Waals surface area contributed by atoms with Gasteiger partial charge in [-0.15, -0.1) is 0 Å². The van der Waals surface area contributed by atoms with Crippen LogP contribution in [0.25, 0.3) is 0 Å². The van der Waals surface area contributed by atoms with Crippen molar-refractivity contribution in [3.05, 3.63) is 65.2 Å². The van der Waals surface area contributed by atoms with Gasteiger partial charge in [0.25, 0.3) is 0 Å². The highest BCUT2D eigenvalue weighted by Gasteiger charge is 2.39. The van der Waals surface area contributed by atoms with Crippen molar-refractivity contribution in [3.63, 3.8) is 0 Å². The first-order chi connectivity index (χ1) is 17.7. The molecule has 0 saturated carbocycles. The number of ether oxygens (including phenoxy) is 1. The highest BCUT2D eigenvalue weighted by molar-refractivity contribution is 5.92. The number of nitrogens with zero attached hydrogens (tertiary/aromatic N) is 1. The Balaban J connectivity index is 2.60. The Morgan fingerprint density at radius 2 is 1.58 bits per heavy atom. The lowest BCUT2D eigenvalue weighted by molar-refractivity contribution is -0.145. The summed E-state index contributed by atoms with van der Waals surface area (Å²) in [6, 6.07) is 11.6. The molecule has 38 heavy (non-hydrogen) atoms. The van der Waals surface area contributed by atoms with Gasteiger partial charge in [-0.3, -0.25) is 9.59 Å². The van der Waals surface area contributed by atoms with Crippen LogP contribution in [0.3, 0.4) is 0 Å². The van der Waals surface area contributed by atoms with Crippen molar-refractivity contribution < 1.29 is 24.2 Å². The summed E-state index contributed by atoms with van der Waals surface area (Å²) in [7, 11) is 0. The molecule has 2 aromatic carbocycles. The second-order valence-electron chi connectivity index (χ2n) is 11.0. The minimum Gasteiger partial charge on any atom is -0.508 e. The summed E-state index contributed by atoms with van der Waals surface area (Å²) in [5.74, 6) is -0.586. The Kier molecular flexibility index (Phi) is 10.7. The van der Waals surface area contributed by atoms with E-state index in [0.29, 0.717) is 6.42 Å². The minimum atomic E-state index is -1.01. The molecule has 0 aliphatic heterocycles. The Morgan fingerprint density at radius 1 is 0.974 bits per heavy atom. The summed E-state index contributed by atoms with van der Waals surface area (Å²) in [6.07, 6.45) is 0.0248. The normalized spacial score (nSPS) is 13.8. The van der Waals surface area contributed by atoms with Gasteiger partial charge in [-0.1, -0.05) is 43.3 Å². The monoisotopic (exact) mass is 525 g/mol. The molecule has 0 aliphatic rings. The number of alkyl carbamates (subject to hydrolysis) is 1. The van der Waals surface area contributed by atoms with Crippen molar-refractivity contribution >= 4 is 17.9 Å². The van der Waals surface area contributed by atoms with Crippen LogP contribution in [0.4, 0.5) is 4.79 Å². The van der Waals surface area contributed by atoms with Gasteiger partial charge >= 0.3 is 6.09 Å². The summed E-state index contributed by atoms with van der Waals surface area (Å²) in [5.41, 5.74) is 1.58. The lowest BCUT2D eigenvalue weighted by atomic mass is 9.95. The standard InChI is InChI=1S/C30H43N3O5/c1-9-21(5)33(26(27(35)31-19(2)3)24-13-11-10-12-20(24)4)28(36)25(32-29(37)38-30(6,7)8)18-22-14-16-23(34)17-15-22/h10-17,19,21,25-26,34H,9,18H2,1-8H3,(H,31,35)(H,32,37). The Morgan fingerprint density at radius 3 is 2.11 bits per heavy atom. The first-order valence-electron chi connectivity index (χ1n) is 13.2. The number of phenolic OH excluding ortho intramolecular Hbond substituents is 1. The van der Waals surface area contributed by atoms with E-state index in [0.717, 1.165) is 16.7 Å². The third-order valence-corrected chi connectivity index (χ3v) is 6.13. The summed E-state index contributed by atoms with van der Waals surface area (Å²) in [5, 5.41) is 15.4. The maximum Gasteiger partial charge on any atom is 0.408 e. The third kappa shape index (κ3) is 8.78. The van der Waals surface area contributed by atoms with E-state index >= 15 is 0 Å². The van der Waals surface area contributed by atoms with E-state index in [9.17, 15) is 19.5 Å². The Bertz CT molecular complexity index is 1090. The largest absolute Gasteiger partial charge is 0.508 e. The van der Waals surface area contributed by atoms with Crippen molar-refractivity contribution in [2.45, 2.75) is 98.0 Å². The first kappa shape index (κ1) is 30.7. The van der Waals surface area contributed by atoms with E-state index in [1.165, 1.54) is 12.1 Å². The molecular weight excluding hydrogens is 482 g/mol. The second kappa shape index (κ2) is 13.3. The second-order valence-corrected chi connectivity index (χ2v) is 11.0. The van der Waals surface area contributed by atoms with E-state index in [2.05, 4.69) is 10.6 Å². The van der Waals surface area contributed by atoms with Crippen LogP contribution in [0.5, 0.6) is 5.75 Å². The average Bonchev–Trinajstić information content (AvgIpc) is 2.81. The molecule has 0 aromatic heterocycles. The number of phenols is 1. The number of amides is 3. The van der Waals surface area contributed by atoms with Gasteiger partial charge in [0, 0.05) is 18.5 Å². The molecule has 208 valence electrons. The van der Waals surface area contributed by atoms with Gasteiger partial charge in [-0.2, -0.15) is 0 Å². The lowest BCUT2D eigenvalue weighted by Crippen LogP contribution is -2.56. The summed E-state index contributed by atoms with van der Waals surface area (Å²) < 4.78 is 5.47. The highest BCUT2D eigenvalue weighted by atomic mass is 16.6. The smallest absolute Gasteiger partial charge is 0.408 e. The fourth-order valence-corrected chi connectivity index (χ4v) is 4.17. The number of aromatic hydroxyl groups is 1. The SMILES string of the molecule is CCC(C)N(C(=O)C(Cc1ccc(O)cc1)NC(=O)OC(C)(C)C)C(C(=O)NC(C)C)c1ccccc1C. The van der Waals surface area contributed by atoms with Crippen LogP contribution < -0.4 is 10.6 Å². The van der Waals surface area contributed by atoms with E-state index < -0.39 is 29.7 Å². The number of aryl methyl sites for hydroxylation is 1. The molecule has 2 rings (SSSR count). The molecule has 8 heteroatoms. The van der Waals surface area contributed by atoms with Crippen molar-refractivity contribution in [1.82, 2.24) is 15.5 Å². The molecule has 3 N–H and O–H groups in total. The molecule has 0 spiro atoms. The number of benzene rings is 2. The predicted octanol–water partition coefficient (Wildman–Crippen LogP) is 5.03. The molecule has 0 bridgehead atoms. The maximum absolute atomic E-state index is 14.4. The fourth-order valence-electron chi connectivity index (χ4n) is 4.17. The van der Waals surface area contributed by atoms with Crippen LogP contribution in [0.2, 0.25) is 0 Å². The van der Waals surface area contributed by atoms with Gasteiger partial charge in [0.05, 0.1) is 0 Å². The highest BCUT2D eigenvalue weighted by Crippen LogP contribution is 2.29. The fraction of sp³-hybridized carbons (Fsp3) is 0.500. The van der Waals surface area contributed by atoms with Crippen molar-refractivity contribution in [1.29, 1.82) is 0 Å². The lowest BCUT2D eigenvalue weighted by Gasteiger charge is -2.39. The van der Waals surface area contributed by atoms with E-state index in [4.69, 9.17) is 4.74 Å². The topological polar surface area (TPSA) is 108 Å². The van der Waals surface area contributed by atoms with Crippen LogP contribution in [-0.2, 0) is 20.7 Å². The number of nitrogens with one attached hydrogen (secondary N) is 2. The van der Waals surface area contributed by atoms with Crippen LogP contribution >= 0.6 is 0 Å². The molecule has 0 fully saturated rings. The molecule has 0 aliphatic carbocycles. The molecule has 3 atom stereocenters. The molecule has 8 nitrogen and oxygen atoms in total. The van der Waals surface area contributed by atoms with E-state index in [1.807, 2.05) is 58.9 Å². The summed E-state index contributed by atoms with van der Waals surface area (Å²) in [4.78, 5) is 42.4. The van der Waals surface area contributed by atoms with Gasteiger partial charge in [0.15, 0.2) is 0 Å². The number of hydrogen-bond donors (Lipinski definition) is 3. The van der Waals surface area contributed by atoms with Crippen molar-refractivity contribution in [2.75, 3.05) is 0 Å². The summed E-state index contributed by atoms with van der Waals surface area (Å²) >= 11 is 0. The van der Waals surface area contributed by atoms with Gasteiger partial charge in [0.1, 0.15) is 23.4 Å². The average molecular weight is 526 g/mol. The quantitative estimate of drug-likeness (QED) is 0.403. The molecule has 0 radical (unpaired) electrons. The predicted molar refractivity (Wildman–Crippen MR) is 149 cm³/mol. The van der Waals surface area contributed by atoms with Crippen LogP contribution in [0.15, 0.2) is 48.5 Å². The molecule has 0 saturated heterocycles. The van der Waals surface area contributed by atoms with Gasteiger partial charge < -0.3 is 25.4 Å². The third-order valence-electron chi connectivity index (χ3n) is 6.13. The van der Waals surface area contributed by atoms with E-state index in [1.54, 1.807) is 37.8 Å². The minimum absolute atomic E-state index is 0.0999. The molecule has 3 unspecified atom stereocenters. The van der Waals surface area contributed by atoms with E-state index in [-0.39, 0.29) is 30.2 Å². The van der Waals surface area contributed by atoms with Crippen LogP contribution in [-0.4, -0.2) is 51.6 Å². The van der Waals surface area contributed by atoms with Gasteiger partial charge in [-0.05, 0) is 83.7 Å². The van der Waals surface area contributed by atoms with Crippen LogP contribution in [0.1, 0.15) is 77.6 Å². The van der Waals surface area contributed by atoms with Gasteiger partial charge in [-0.25, -0.2) is 4.79 Å². The molecule has 3 amide bonds. The Labute approximate surface area is 226 Å². The van der Waals surface area contributed by atoms with Crippen molar-refractivity contribution in [2.24, 2.45) is 0 Å². The summed E-state index contributed by atoms with van der Waals surface area (Å²) in [6.45, 7) is 14.8. The molecular formula is C30H43N3O5. The first-order valence-corrected chi connectivity index (χ1v) is 13.2. The number of hydrogen-bond acceptors (Lipinski definition) is 5. The maximum atomic E-state index is 14.4. The number of carbonyl (C=O) groups is 3.